The molecule has 4 heteroatoms. The molecule has 17 heavy (non-hydrogen) atoms. The van der Waals surface area contributed by atoms with Crippen molar-refractivity contribution in [3.05, 3.63) is 29.3 Å². The Bertz CT molecular complexity index is 414. The van der Waals surface area contributed by atoms with E-state index in [0.29, 0.717) is 10.9 Å². The van der Waals surface area contributed by atoms with Gasteiger partial charge in [0.2, 0.25) is 0 Å². The average Bonchev–Trinajstić information content (AvgIpc) is 2.32. The molecule has 1 atom stereocenters. The van der Waals surface area contributed by atoms with Crippen molar-refractivity contribution in [1.29, 1.82) is 0 Å². The van der Waals surface area contributed by atoms with Crippen molar-refractivity contribution in [3.63, 3.8) is 0 Å². The van der Waals surface area contributed by atoms with Gasteiger partial charge >= 0.3 is 0 Å². The van der Waals surface area contributed by atoms with Crippen LogP contribution in [-0.2, 0) is 0 Å². The summed E-state index contributed by atoms with van der Waals surface area (Å²) in [5.74, 6) is -0.0150. The van der Waals surface area contributed by atoms with Crippen LogP contribution >= 0.6 is 15.9 Å². The Hall–Kier alpha value is -1.03. The second-order valence-corrected chi connectivity index (χ2v) is 5.06. The molecule has 0 aliphatic carbocycles. The monoisotopic (exact) mass is 299 g/mol. The predicted octanol–water partition coefficient (Wildman–Crippen LogP) is 2.99. The molecule has 1 aromatic rings. The largest absolute Gasteiger partial charge is 0.508 e. The molecule has 0 fully saturated rings. The number of aromatic hydroxyl groups is 1. The number of aryl methyl sites for hydroxylation is 1. The van der Waals surface area contributed by atoms with Crippen molar-refractivity contribution in [2.24, 2.45) is 0 Å². The van der Waals surface area contributed by atoms with Gasteiger partial charge in [-0.05, 0) is 38.0 Å². The van der Waals surface area contributed by atoms with Crippen LogP contribution in [0.4, 0.5) is 0 Å². The average molecular weight is 300 g/mol. The Morgan fingerprint density at radius 3 is 2.65 bits per heavy atom. The minimum atomic E-state index is -0.266. The van der Waals surface area contributed by atoms with Gasteiger partial charge in [0.05, 0.1) is 0 Å². The number of halogens is 1. The minimum absolute atomic E-state index is 0.148. The number of amides is 1. The van der Waals surface area contributed by atoms with E-state index in [1.807, 2.05) is 13.8 Å². The normalized spacial score (nSPS) is 14.1. The maximum Gasteiger partial charge on any atom is 0.251 e. The third kappa shape index (κ3) is 3.46. The van der Waals surface area contributed by atoms with Gasteiger partial charge < -0.3 is 10.4 Å². The zero-order valence-corrected chi connectivity index (χ0v) is 12.0. The van der Waals surface area contributed by atoms with E-state index in [2.05, 4.69) is 21.2 Å². The van der Waals surface area contributed by atoms with E-state index in [0.717, 1.165) is 12.0 Å². The van der Waals surface area contributed by atoms with E-state index in [4.69, 9.17) is 0 Å². The standard InChI is InChI=1S/C13H18BrNO2/c1-4-13(3,8-14)15-12(17)10-6-5-9(2)11(16)7-10/h5-7,16H,4,8H2,1-3H3,(H,15,17). The molecule has 2 N–H and O–H groups in total. The van der Waals surface area contributed by atoms with Crippen LogP contribution in [0.1, 0.15) is 36.2 Å². The minimum Gasteiger partial charge on any atom is -0.508 e. The summed E-state index contributed by atoms with van der Waals surface area (Å²) in [6, 6.07) is 4.95. The number of alkyl halides is 1. The van der Waals surface area contributed by atoms with Crippen molar-refractivity contribution >= 4 is 21.8 Å². The van der Waals surface area contributed by atoms with E-state index >= 15 is 0 Å². The third-order valence-electron chi connectivity index (χ3n) is 2.96. The topological polar surface area (TPSA) is 49.3 Å². The molecule has 1 amide bonds. The van der Waals surface area contributed by atoms with Crippen molar-refractivity contribution in [2.45, 2.75) is 32.7 Å². The summed E-state index contributed by atoms with van der Waals surface area (Å²) in [6.07, 6.45) is 0.835. The Labute approximate surface area is 110 Å². The number of hydrogen-bond acceptors (Lipinski definition) is 2. The zero-order valence-electron chi connectivity index (χ0n) is 10.4. The van der Waals surface area contributed by atoms with Gasteiger partial charge in [-0.3, -0.25) is 4.79 Å². The molecule has 0 heterocycles. The number of rotatable bonds is 4. The van der Waals surface area contributed by atoms with Crippen molar-refractivity contribution in [2.75, 3.05) is 5.33 Å². The van der Waals surface area contributed by atoms with Gasteiger partial charge in [0.1, 0.15) is 5.75 Å². The van der Waals surface area contributed by atoms with E-state index < -0.39 is 0 Å². The van der Waals surface area contributed by atoms with Crippen molar-refractivity contribution in [3.8, 4) is 5.75 Å². The lowest BCUT2D eigenvalue weighted by Crippen LogP contribution is -2.46. The van der Waals surface area contributed by atoms with Gasteiger partial charge in [0.25, 0.3) is 5.91 Å². The number of nitrogens with one attached hydrogen (secondary N) is 1. The molecule has 0 bridgehead atoms. The van der Waals surface area contributed by atoms with Crippen LogP contribution in [-0.4, -0.2) is 21.9 Å². The summed E-state index contributed by atoms with van der Waals surface area (Å²) in [7, 11) is 0. The molecule has 0 aromatic heterocycles. The summed E-state index contributed by atoms with van der Waals surface area (Å²) < 4.78 is 0. The van der Waals surface area contributed by atoms with Crippen LogP contribution in [0.25, 0.3) is 0 Å². The summed E-state index contributed by atoms with van der Waals surface area (Å²) >= 11 is 3.40. The number of hydrogen-bond donors (Lipinski definition) is 2. The predicted molar refractivity (Wildman–Crippen MR) is 72.8 cm³/mol. The lowest BCUT2D eigenvalue weighted by Gasteiger charge is -2.27. The highest BCUT2D eigenvalue weighted by Crippen LogP contribution is 2.19. The first kappa shape index (κ1) is 14.0. The highest BCUT2D eigenvalue weighted by atomic mass is 79.9. The van der Waals surface area contributed by atoms with Gasteiger partial charge in [-0.15, -0.1) is 0 Å². The molecule has 0 saturated heterocycles. The number of phenolic OH excluding ortho intramolecular Hbond substituents is 1. The van der Waals surface area contributed by atoms with Crippen LogP contribution in [0.2, 0.25) is 0 Å². The lowest BCUT2D eigenvalue weighted by atomic mass is 10.0. The van der Waals surface area contributed by atoms with Crippen LogP contribution in [0.15, 0.2) is 18.2 Å². The van der Waals surface area contributed by atoms with Crippen LogP contribution < -0.4 is 5.32 Å². The maximum atomic E-state index is 12.0. The van der Waals surface area contributed by atoms with E-state index in [1.165, 1.54) is 6.07 Å². The van der Waals surface area contributed by atoms with Crippen LogP contribution in [0, 0.1) is 6.92 Å². The van der Waals surface area contributed by atoms with E-state index in [9.17, 15) is 9.90 Å². The van der Waals surface area contributed by atoms with E-state index in [-0.39, 0.29) is 17.2 Å². The van der Waals surface area contributed by atoms with Gasteiger partial charge in [0.15, 0.2) is 0 Å². The second-order valence-electron chi connectivity index (χ2n) is 4.50. The first-order valence-electron chi connectivity index (χ1n) is 5.60. The van der Waals surface area contributed by atoms with Gasteiger partial charge in [-0.25, -0.2) is 0 Å². The quantitative estimate of drug-likeness (QED) is 0.840. The molecule has 0 spiro atoms. The zero-order chi connectivity index (χ0) is 13.1. The number of benzene rings is 1. The Balaban J connectivity index is 2.86. The van der Waals surface area contributed by atoms with Gasteiger partial charge in [-0.1, -0.05) is 28.9 Å². The molecule has 94 valence electrons. The number of carbonyl (C=O) groups excluding carboxylic acids is 1. The summed E-state index contributed by atoms with van der Waals surface area (Å²) in [5.41, 5.74) is 0.978. The third-order valence-corrected chi connectivity index (χ3v) is 4.20. The molecule has 0 aliphatic rings. The molecule has 0 aliphatic heterocycles. The summed E-state index contributed by atoms with van der Waals surface area (Å²) in [4.78, 5) is 12.0. The van der Waals surface area contributed by atoms with Crippen LogP contribution in [0.3, 0.4) is 0 Å². The molecule has 0 saturated carbocycles. The molecule has 3 nitrogen and oxygen atoms in total. The Kier molecular flexibility index (Phi) is 4.57. The number of carbonyl (C=O) groups is 1. The summed E-state index contributed by atoms with van der Waals surface area (Å²) in [6.45, 7) is 5.80. The fourth-order valence-electron chi connectivity index (χ4n) is 1.31. The molecule has 0 radical (unpaired) electrons. The molecular formula is C13H18BrNO2. The highest BCUT2D eigenvalue weighted by molar-refractivity contribution is 9.09. The Morgan fingerprint density at radius 1 is 1.53 bits per heavy atom. The first-order valence-corrected chi connectivity index (χ1v) is 6.72. The maximum absolute atomic E-state index is 12.0. The molecule has 1 unspecified atom stereocenters. The molecule has 1 rings (SSSR count). The lowest BCUT2D eigenvalue weighted by molar-refractivity contribution is 0.0913. The second kappa shape index (κ2) is 5.54. The van der Waals surface area contributed by atoms with Crippen molar-refractivity contribution < 1.29 is 9.90 Å². The molecular weight excluding hydrogens is 282 g/mol. The first-order chi connectivity index (χ1) is 7.91. The highest BCUT2D eigenvalue weighted by Gasteiger charge is 2.23. The summed E-state index contributed by atoms with van der Waals surface area (Å²) in [5, 5.41) is 13.2. The van der Waals surface area contributed by atoms with Crippen LogP contribution in [0.5, 0.6) is 5.75 Å². The van der Waals surface area contributed by atoms with Crippen molar-refractivity contribution in [1.82, 2.24) is 5.32 Å². The number of phenols is 1. The van der Waals surface area contributed by atoms with Gasteiger partial charge in [0, 0.05) is 16.4 Å². The fraction of sp³-hybridized carbons (Fsp3) is 0.462. The molecule has 1 aromatic carbocycles. The SMILES string of the molecule is CCC(C)(CBr)NC(=O)c1ccc(C)c(O)c1. The Morgan fingerprint density at radius 2 is 2.18 bits per heavy atom. The van der Waals surface area contributed by atoms with Gasteiger partial charge in [-0.2, -0.15) is 0 Å². The smallest absolute Gasteiger partial charge is 0.251 e. The van der Waals surface area contributed by atoms with E-state index in [1.54, 1.807) is 19.1 Å². The fourth-order valence-corrected chi connectivity index (χ4v) is 1.85.